The highest BCUT2D eigenvalue weighted by molar-refractivity contribution is 5.78. The minimum atomic E-state index is -0.507. The number of aliphatic hydroxyl groups is 2. The highest BCUT2D eigenvalue weighted by Crippen LogP contribution is 2.37. The van der Waals surface area contributed by atoms with Crippen LogP contribution in [-0.2, 0) is 11.3 Å². The standard InChI is InChI=1S/C19H26N6O3/c26-11-10-25-18(16-4-3-9-24(16)17(28)13-27)14(12-21-25)15-5-6-20-19(22-15)23-7-1-2-8-23/h5-6,12,16,26-27H,1-4,7-11,13H2. The number of aliphatic hydroxyl groups excluding tert-OH is 2. The molecule has 9 heteroatoms. The smallest absolute Gasteiger partial charge is 0.248 e. The predicted octanol–water partition coefficient (Wildman–Crippen LogP) is 0.588. The van der Waals surface area contributed by atoms with Crippen molar-refractivity contribution < 1.29 is 15.0 Å². The molecule has 0 aromatic carbocycles. The van der Waals surface area contributed by atoms with Gasteiger partial charge in [0, 0.05) is 31.4 Å². The van der Waals surface area contributed by atoms with Gasteiger partial charge in [-0.1, -0.05) is 0 Å². The molecule has 2 saturated heterocycles. The number of likely N-dealkylation sites (tertiary alicyclic amines) is 1. The number of amides is 1. The summed E-state index contributed by atoms with van der Waals surface area (Å²) in [6.45, 7) is 2.32. The number of carbonyl (C=O) groups is 1. The van der Waals surface area contributed by atoms with Gasteiger partial charge in [-0.05, 0) is 31.7 Å². The van der Waals surface area contributed by atoms with Gasteiger partial charge in [0.15, 0.2) is 0 Å². The van der Waals surface area contributed by atoms with Crippen LogP contribution in [0.2, 0.25) is 0 Å². The van der Waals surface area contributed by atoms with Gasteiger partial charge in [-0.3, -0.25) is 9.48 Å². The van der Waals surface area contributed by atoms with Crippen LogP contribution in [0.5, 0.6) is 0 Å². The fourth-order valence-electron chi connectivity index (χ4n) is 4.22. The van der Waals surface area contributed by atoms with Gasteiger partial charge >= 0.3 is 0 Å². The van der Waals surface area contributed by atoms with E-state index >= 15 is 0 Å². The number of aromatic nitrogens is 4. The second-order valence-electron chi connectivity index (χ2n) is 7.23. The second kappa shape index (κ2) is 8.24. The molecule has 9 nitrogen and oxygen atoms in total. The SMILES string of the molecule is O=C(CO)N1CCCC1c1c(-c2ccnc(N3CCCC3)n2)cnn1CCO. The van der Waals surface area contributed by atoms with Crippen molar-refractivity contribution in [1.29, 1.82) is 0 Å². The third-order valence-corrected chi connectivity index (χ3v) is 5.52. The van der Waals surface area contributed by atoms with Crippen molar-refractivity contribution in [1.82, 2.24) is 24.6 Å². The second-order valence-corrected chi connectivity index (χ2v) is 7.23. The Kier molecular flexibility index (Phi) is 5.54. The lowest BCUT2D eigenvalue weighted by atomic mass is 10.0. The van der Waals surface area contributed by atoms with Crippen LogP contribution < -0.4 is 4.90 Å². The van der Waals surface area contributed by atoms with E-state index in [9.17, 15) is 15.0 Å². The highest BCUT2D eigenvalue weighted by Gasteiger charge is 2.34. The molecule has 4 rings (SSSR count). The van der Waals surface area contributed by atoms with Crippen LogP contribution in [0.4, 0.5) is 5.95 Å². The molecule has 4 heterocycles. The molecule has 0 aliphatic carbocycles. The molecule has 0 bridgehead atoms. The van der Waals surface area contributed by atoms with E-state index in [0.717, 1.165) is 55.7 Å². The maximum absolute atomic E-state index is 12.2. The minimum absolute atomic E-state index is 0.0441. The lowest BCUT2D eigenvalue weighted by molar-refractivity contribution is -0.135. The Balaban J connectivity index is 1.74. The molecule has 2 aromatic heterocycles. The van der Waals surface area contributed by atoms with Crippen LogP contribution in [0.3, 0.4) is 0 Å². The first-order chi connectivity index (χ1) is 13.7. The van der Waals surface area contributed by atoms with Crippen molar-refractivity contribution in [2.45, 2.75) is 38.3 Å². The quantitative estimate of drug-likeness (QED) is 0.748. The van der Waals surface area contributed by atoms with E-state index in [1.165, 1.54) is 0 Å². The normalized spacial score (nSPS) is 19.6. The maximum Gasteiger partial charge on any atom is 0.248 e. The molecule has 2 N–H and O–H groups in total. The van der Waals surface area contributed by atoms with Gasteiger partial charge in [0.1, 0.15) is 6.61 Å². The zero-order valence-corrected chi connectivity index (χ0v) is 15.9. The van der Waals surface area contributed by atoms with Crippen molar-refractivity contribution in [2.24, 2.45) is 0 Å². The van der Waals surface area contributed by atoms with Crippen molar-refractivity contribution in [2.75, 3.05) is 37.7 Å². The van der Waals surface area contributed by atoms with Gasteiger partial charge in [0.05, 0.1) is 36.8 Å². The van der Waals surface area contributed by atoms with Crippen LogP contribution in [0.25, 0.3) is 11.3 Å². The Labute approximate surface area is 163 Å². The molecule has 150 valence electrons. The average molecular weight is 386 g/mol. The predicted molar refractivity (Wildman–Crippen MR) is 103 cm³/mol. The van der Waals surface area contributed by atoms with Crippen molar-refractivity contribution in [3.8, 4) is 11.3 Å². The summed E-state index contributed by atoms with van der Waals surface area (Å²) in [5, 5.41) is 23.3. The molecular weight excluding hydrogens is 360 g/mol. The molecule has 2 aliphatic rings. The van der Waals surface area contributed by atoms with Crippen LogP contribution in [0.15, 0.2) is 18.5 Å². The molecule has 0 saturated carbocycles. The number of anilines is 1. The summed E-state index contributed by atoms with van der Waals surface area (Å²) in [5.74, 6) is 0.427. The summed E-state index contributed by atoms with van der Waals surface area (Å²) in [7, 11) is 0. The average Bonchev–Trinajstić information content (AvgIpc) is 3.47. The van der Waals surface area contributed by atoms with E-state index < -0.39 is 6.61 Å². The molecule has 0 spiro atoms. The lowest BCUT2D eigenvalue weighted by Crippen LogP contribution is -2.34. The van der Waals surface area contributed by atoms with Gasteiger partial charge in [0.25, 0.3) is 0 Å². The molecule has 2 fully saturated rings. The first-order valence-electron chi connectivity index (χ1n) is 9.88. The van der Waals surface area contributed by atoms with Gasteiger partial charge in [-0.2, -0.15) is 5.10 Å². The van der Waals surface area contributed by atoms with Crippen molar-refractivity contribution in [3.63, 3.8) is 0 Å². The Morgan fingerprint density at radius 3 is 2.75 bits per heavy atom. The molecule has 0 radical (unpaired) electrons. The lowest BCUT2D eigenvalue weighted by Gasteiger charge is -2.26. The van der Waals surface area contributed by atoms with E-state index in [1.807, 2.05) is 6.07 Å². The fraction of sp³-hybridized carbons (Fsp3) is 0.579. The molecule has 28 heavy (non-hydrogen) atoms. The van der Waals surface area contributed by atoms with E-state index in [-0.39, 0.29) is 18.6 Å². The molecule has 1 amide bonds. The molecular formula is C19H26N6O3. The third-order valence-electron chi connectivity index (χ3n) is 5.52. The van der Waals surface area contributed by atoms with Crippen LogP contribution >= 0.6 is 0 Å². The number of carbonyl (C=O) groups excluding carboxylic acids is 1. The summed E-state index contributed by atoms with van der Waals surface area (Å²) in [6, 6.07) is 1.67. The summed E-state index contributed by atoms with van der Waals surface area (Å²) in [4.78, 5) is 25.3. The largest absolute Gasteiger partial charge is 0.394 e. The number of rotatable bonds is 6. The van der Waals surface area contributed by atoms with Gasteiger partial charge < -0.3 is 20.0 Å². The van der Waals surface area contributed by atoms with Gasteiger partial charge in [0.2, 0.25) is 11.9 Å². The van der Waals surface area contributed by atoms with Gasteiger partial charge in [-0.25, -0.2) is 9.97 Å². The summed E-state index contributed by atoms with van der Waals surface area (Å²) in [5.41, 5.74) is 2.47. The topological polar surface area (TPSA) is 108 Å². The number of hydrogen-bond donors (Lipinski definition) is 2. The molecule has 2 aliphatic heterocycles. The maximum atomic E-state index is 12.2. The van der Waals surface area contributed by atoms with Gasteiger partial charge in [-0.15, -0.1) is 0 Å². The summed E-state index contributed by atoms with van der Waals surface area (Å²) >= 11 is 0. The Bertz CT molecular complexity index is 833. The van der Waals surface area contributed by atoms with Crippen molar-refractivity contribution >= 4 is 11.9 Å². The number of nitrogens with zero attached hydrogens (tertiary/aromatic N) is 6. The first-order valence-corrected chi connectivity index (χ1v) is 9.88. The minimum Gasteiger partial charge on any atom is -0.394 e. The van der Waals surface area contributed by atoms with E-state index in [2.05, 4.69) is 15.0 Å². The zero-order chi connectivity index (χ0) is 19.5. The Hall–Kier alpha value is -2.52. The molecule has 1 unspecified atom stereocenters. The zero-order valence-electron chi connectivity index (χ0n) is 15.9. The molecule has 2 aromatic rings. The van der Waals surface area contributed by atoms with E-state index in [4.69, 9.17) is 4.98 Å². The summed E-state index contributed by atoms with van der Waals surface area (Å²) < 4.78 is 1.75. The monoisotopic (exact) mass is 386 g/mol. The first kappa shape index (κ1) is 18.8. The van der Waals surface area contributed by atoms with Crippen LogP contribution in [0, 0.1) is 0 Å². The molecule has 1 atom stereocenters. The van der Waals surface area contributed by atoms with Crippen LogP contribution in [0.1, 0.15) is 37.4 Å². The van der Waals surface area contributed by atoms with E-state index in [0.29, 0.717) is 19.0 Å². The highest BCUT2D eigenvalue weighted by atomic mass is 16.3. The Morgan fingerprint density at radius 2 is 2.00 bits per heavy atom. The number of hydrogen-bond acceptors (Lipinski definition) is 7. The van der Waals surface area contributed by atoms with Crippen molar-refractivity contribution in [3.05, 3.63) is 24.2 Å². The fourth-order valence-corrected chi connectivity index (χ4v) is 4.22. The third kappa shape index (κ3) is 3.47. The van der Waals surface area contributed by atoms with Crippen LogP contribution in [-0.4, -0.2) is 73.6 Å². The Morgan fingerprint density at radius 1 is 1.18 bits per heavy atom. The van der Waals surface area contributed by atoms with E-state index in [1.54, 1.807) is 22.0 Å². The summed E-state index contributed by atoms with van der Waals surface area (Å²) in [6.07, 6.45) is 7.46.